The molecule has 0 bridgehead atoms. The van der Waals surface area contributed by atoms with Crippen LogP contribution in [0.25, 0.3) is 0 Å². The molecule has 1 rings (SSSR count). The van der Waals surface area contributed by atoms with E-state index in [1.165, 1.54) is 0 Å². The second-order valence-electron chi connectivity index (χ2n) is 3.67. The van der Waals surface area contributed by atoms with Gasteiger partial charge in [-0.1, -0.05) is 6.07 Å². The molecule has 0 saturated heterocycles. The summed E-state index contributed by atoms with van der Waals surface area (Å²) in [5.41, 5.74) is 6.01. The maximum atomic E-state index is 10.7. The van der Waals surface area contributed by atoms with Crippen molar-refractivity contribution in [1.29, 1.82) is 0 Å². The maximum absolute atomic E-state index is 10.7. The summed E-state index contributed by atoms with van der Waals surface area (Å²) in [5.74, 6) is 0.775. The third kappa shape index (κ3) is 3.64. The topological polar surface area (TPSA) is 73.6 Å². The molecule has 3 N–H and O–H groups in total. The number of ether oxygens (including phenoxy) is 2. The molecule has 5 nitrogen and oxygen atoms in total. The lowest BCUT2D eigenvalue weighted by Gasteiger charge is -2.16. The van der Waals surface area contributed by atoms with Gasteiger partial charge in [-0.15, -0.1) is 0 Å². The molecule has 0 fully saturated rings. The standard InChI is InChI=1S/C12H18N2O3/c1-8(14-2)10-5-4-9(16-3)6-11(10)17-7-12(13)15/h4-6,8,14H,7H2,1-3H3,(H2,13,15). The predicted molar refractivity (Wildman–Crippen MR) is 65.2 cm³/mol. The second kappa shape index (κ2) is 6.10. The van der Waals surface area contributed by atoms with Gasteiger partial charge in [0.2, 0.25) is 0 Å². The third-order valence-corrected chi connectivity index (χ3v) is 2.49. The number of methoxy groups -OCH3 is 1. The highest BCUT2D eigenvalue weighted by Crippen LogP contribution is 2.29. The summed E-state index contributed by atoms with van der Waals surface area (Å²) < 4.78 is 10.5. The highest BCUT2D eigenvalue weighted by molar-refractivity contribution is 5.75. The Morgan fingerprint density at radius 2 is 2.24 bits per heavy atom. The lowest BCUT2D eigenvalue weighted by molar-refractivity contribution is -0.119. The molecule has 1 unspecified atom stereocenters. The molecular formula is C12H18N2O3. The Morgan fingerprint density at radius 3 is 2.76 bits per heavy atom. The highest BCUT2D eigenvalue weighted by Gasteiger charge is 2.12. The van der Waals surface area contributed by atoms with Crippen LogP contribution in [0.1, 0.15) is 18.5 Å². The Balaban J connectivity index is 2.98. The van der Waals surface area contributed by atoms with E-state index < -0.39 is 5.91 Å². The zero-order valence-electron chi connectivity index (χ0n) is 10.3. The van der Waals surface area contributed by atoms with Crippen LogP contribution in [0.15, 0.2) is 18.2 Å². The molecule has 1 amide bonds. The first-order valence-electron chi connectivity index (χ1n) is 5.34. The average Bonchev–Trinajstić information content (AvgIpc) is 2.34. The molecule has 0 spiro atoms. The fraction of sp³-hybridized carbons (Fsp3) is 0.417. The Bertz CT molecular complexity index is 393. The first kappa shape index (κ1) is 13.3. The molecule has 0 heterocycles. The fourth-order valence-electron chi connectivity index (χ4n) is 1.43. The monoisotopic (exact) mass is 238 g/mol. The van der Waals surface area contributed by atoms with Gasteiger partial charge in [-0.05, 0) is 20.0 Å². The largest absolute Gasteiger partial charge is 0.497 e. The Labute approximate surface area is 101 Å². The van der Waals surface area contributed by atoms with E-state index in [9.17, 15) is 4.79 Å². The normalized spacial score (nSPS) is 11.9. The number of rotatable bonds is 6. The van der Waals surface area contributed by atoms with Crippen molar-refractivity contribution in [2.45, 2.75) is 13.0 Å². The van der Waals surface area contributed by atoms with Gasteiger partial charge >= 0.3 is 0 Å². The summed E-state index contributed by atoms with van der Waals surface area (Å²) in [4.78, 5) is 10.7. The number of primary amides is 1. The van der Waals surface area contributed by atoms with Gasteiger partial charge in [0.25, 0.3) is 5.91 Å². The van der Waals surface area contributed by atoms with Crippen LogP contribution in [-0.2, 0) is 4.79 Å². The molecule has 1 atom stereocenters. The van der Waals surface area contributed by atoms with Crippen LogP contribution in [-0.4, -0.2) is 26.7 Å². The lowest BCUT2D eigenvalue weighted by atomic mass is 10.1. The Morgan fingerprint density at radius 1 is 1.53 bits per heavy atom. The minimum absolute atomic E-state index is 0.115. The molecule has 0 saturated carbocycles. The van der Waals surface area contributed by atoms with E-state index in [-0.39, 0.29) is 12.6 Å². The minimum Gasteiger partial charge on any atom is -0.497 e. The second-order valence-corrected chi connectivity index (χ2v) is 3.67. The lowest BCUT2D eigenvalue weighted by Crippen LogP contribution is -2.21. The van der Waals surface area contributed by atoms with E-state index in [0.29, 0.717) is 11.5 Å². The van der Waals surface area contributed by atoms with Crippen LogP contribution in [0.2, 0.25) is 0 Å². The number of carbonyl (C=O) groups excluding carboxylic acids is 1. The zero-order chi connectivity index (χ0) is 12.8. The molecule has 5 heteroatoms. The number of carbonyl (C=O) groups is 1. The number of nitrogens with two attached hydrogens (primary N) is 1. The molecule has 0 aromatic heterocycles. The maximum Gasteiger partial charge on any atom is 0.255 e. The van der Waals surface area contributed by atoms with Crippen LogP contribution < -0.4 is 20.5 Å². The van der Waals surface area contributed by atoms with Crippen LogP contribution in [0.4, 0.5) is 0 Å². The van der Waals surface area contributed by atoms with Crippen molar-refractivity contribution in [2.24, 2.45) is 5.73 Å². The smallest absolute Gasteiger partial charge is 0.255 e. The summed E-state index contributed by atoms with van der Waals surface area (Å²) in [6.07, 6.45) is 0. The molecule has 0 aliphatic heterocycles. The van der Waals surface area contributed by atoms with E-state index in [4.69, 9.17) is 15.2 Å². The number of benzene rings is 1. The molecule has 1 aromatic carbocycles. The molecule has 1 aromatic rings. The van der Waals surface area contributed by atoms with Gasteiger partial charge in [0.15, 0.2) is 6.61 Å². The van der Waals surface area contributed by atoms with Crippen molar-refractivity contribution in [3.8, 4) is 11.5 Å². The van der Waals surface area contributed by atoms with Gasteiger partial charge in [0.1, 0.15) is 11.5 Å². The van der Waals surface area contributed by atoms with E-state index in [0.717, 1.165) is 5.56 Å². The molecule has 94 valence electrons. The van der Waals surface area contributed by atoms with Gasteiger partial charge in [0, 0.05) is 17.7 Å². The van der Waals surface area contributed by atoms with Crippen molar-refractivity contribution in [3.63, 3.8) is 0 Å². The van der Waals surface area contributed by atoms with Crippen molar-refractivity contribution in [2.75, 3.05) is 20.8 Å². The van der Waals surface area contributed by atoms with Gasteiger partial charge in [-0.2, -0.15) is 0 Å². The number of hydrogen-bond donors (Lipinski definition) is 2. The Hall–Kier alpha value is -1.75. The molecule has 17 heavy (non-hydrogen) atoms. The van der Waals surface area contributed by atoms with Crippen LogP contribution >= 0.6 is 0 Å². The van der Waals surface area contributed by atoms with E-state index in [1.54, 1.807) is 13.2 Å². The molecule has 0 radical (unpaired) electrons. The quantitative estimate of drug-likeness (QED) is 0.770. The average molecular weight is 238 g/mol. The fourth-order valence-corrected chi connectivity index (χ4v) is 1.43. The first-order valence-corrected chi connectivity index (χ1v) is 5.34. The van der Waals surface area contributed by atoms with Crippen molar-refractivity contribution in [3.05, 3.63) is 23.8 Å². The van der Waals surface area contributed by atoms with E-state index in [2.05, 4.69) is 5.32 Å². The number of hydrogen-bond acceptors (Lipinski definition) is 4. The third-order valence-electron chi connectivity index (χ3n) is 2.49. The van der Waals surface area contributed by atoms with Gasteiger partial charge in [-0.3, -0.25) is 4.79 Å². The number of nitrogens with one attached hydrogen (secondary N) is 1. The van der Waals surface area contributed by atoms with Crippen molar-refractivity contribution >= 4 is 5.91 Å². The van der Waals surface area contributed by atoms with Gasteiger partial charge in [-0.25, -0.2) is 0 Å². The zero-order valence-corrected chi connectivity index (χ0v) is 10.3. The summed E-state index contributed by atoms with van der Waals surface area (Å²) >= 11 is 0. The SMILES string of the molecule is CNC(C)c1ccc(OC)cc1OCC(N)=O. The summed E-state index contributed by atoms with van der Waals surface area (Å²) in [7, 11) is 3.43. The van der Waals surface area contributed by atoms with Crippen LogP contribution in [0.3, 0.4) is 0 Å². The summed E-state index contributed by atoms with van der Waals surface area (Å²) in [6.45, 7) is 1.86. The van der Waals surface area contributed by atoms with E-state index in [1.807, 2.05) is 26.1 Å². The summed E-state index contributed by atoms with van der Waals surface area (Å²) in [5, 5.41) is 3.11. The predicted octanol–water partition coefficient (Wildman–Crippen LogP) is 0.840. The van der Waals surface area contributed by atoms with Gasteiger partial charge in [0.05, 0.1) is 7.11 Å². The van der Waals surface area contributed by atoms with Crippen LogP contribution in [0, 0.1) is 0 Å². The number of amides is 1. The molecule has 0 aliphatic carbocycles. The molecule has 0 aliphatic rings. The highest BCUT2D eigenvalue weighted by atomic mass is 16.5. The Kier molecular flexibility index (Phi) is 4.78. The van der Waals surface area contributed by atoms with Gasteiger partial charge < -0.3 is 20.5 Å². The minimum atomic E-state index is -0.504. The first-order chi connectivity index (χ1) is 8.08. The van der Waals surface area contributed by atoms with Crippen molar-refractivity contribution in [1.82, 2.24) is 5.32 Å². The molecular weight excluding hydrogens is 220 g/mol. The van der Waals surface area contributed by atoms with Crippen molar-refractivity contribution < 1.29 is 14.3 Å². The van der Waals surface area contributed by atoms with Crippen LogP contribution in [0.5, 0.6) is 11.5 Å². The summed E-state index contributed by atoms with van der Waals surface area (Å²) in [6, 6.07) is 5.60. The van der Waals surface area contributed by atoms with E-state index >= 15 is 0 Å².